The molecule has 1 N–H and O–H groups in total. The van der Waals surface area contributed by atoms with Crippen LogP contribution in [0.25, 0.3) is 0 Å². The predicted octanol–water partition coefficient (Wildman–Crippen LogP) is 3.37. The molecule has 0 heterocycles. The summed E-state index contributed by atoms with van der Waals surface area (Å²) >= 11 is 0. The smallest absolute Gasteiger partial charge is 0.00722 e. The molecule has 2 atom stereocenters. The van der Waals surface area contributed by atoms with Gasteiger partial charge >= 0.3 is 0 Å². The zero-order valence-electron chi connectivity index (χ0n) is 10.4. The average Bonchev–Trinajstić information content (AvgIpc) is 2.09. The first-order valence-electron chi connectivity index (χ1n) is 6.54. The van der Waals surface area contributed by atoms with Crippen LogP contribution in [0.4, 0.5) is 0 Å². The molecule has 0 bridgehead atoms. The summed E-state index contributed by atoms with van der Waals surface area (Å²) in [4.78, 5) is 0. The lowest BCUT2D eigenvalue weighted by atomic mass is 9.80. The van der Waals surface area contributed by atoms with Crippen molar-refractivity contribution in [3.63, 3.8) is 0 Å². The van der Waals surface area contributed by atoms with Gasteiger partial charge in [-0.2, -0.15) is 0 Å². The molecule has 0 aromatic carbocycles. The van der Waals surface area contributed by atoms with Crippen LogP contribution in [-0.4, -0.2) is 12.6 Å². The van der Waals surface area contributed by atoms with E-state index in [1.54, 1.807) is 5.57 Å². The van der Waals surface area contributed by atoms with Crippen molar-refractivity contribution in [1.82, 2.24) is 5.32 Å². The maximum absolute atomic E-state index is 3.73. The highest BCUT2D eigenvalue weighted by molar-refractivity contribution is 5.06. The third-order valence-electron chi connectivity index (χ3n) is 3.95. The van der Waals surface area contributed by atoms with Crippen molar-refractivity contribution in [3.8, 4) is 0 Å². The lowest BCUT2D eigenvalue weighted by molar-refractivity contribution is 0.225. The Labute approximate surface area is 94.3 Å². The van der Waals surface area contributed by atoms with Crippen molar-refractivity contribution < 1.29 is 0 Å². The van der Waals surface area contributed by atoms with E-state index in [2.05, 4.69) is 32.2 Å². The van der Waals surface area contributed by atoms with Crippen LogP contribution in [0.2, 0.25) is 0 Å². The molecule has 0 spiro atoms. The van der Waals surface area contributed by atoms with E-state index in [0.29, 0.717) is 0 Å². The minimum Gasteiger partial charge on any atom is -0.314 e. The Bertz CT molecular complexity index is 238. The van der Waals surface area contributed by atoms with Crippen LogP contribution in [0.5, 0.6) is 0 Å². The van der Waals surface area contributed by atoms with Gasteiger partial charge in [0, 0.05) is 6.04 Å². The Kier molecular flexibility index (Phi) is 3.50. The van der Waals surface area contributed by atoms with Crippen molar-refractivity contribution in [1.29, 1.82) is 0 Å². The van der Waals surface area contributed by atoms with Gasteiger partial charge in [-0.3, -0.25) is 0 Å². The molecule has 1 heteroatoms. The molecule has 2 aliphatic carbocycles. The summed E-state index contributed by atoms with van der Waals surface area (Å²) in [5, 5.41) is 3.73. The van der Waals surface area contributed by atoms with Crippen LogP contribution in [-0.2, 0) is 0 Å². The minimum absolute atomic E-state index is 0.797. The Morgan fingerprint density at radius 1 is 1.27 bits per heavy atom. The highest BCUT2D eigenvalue weighted by Crippen LogP contribution is 2.29. The van der Waals surface area contributed by atoms with Crippen LogP contribution >= 0.6 is 0 Å². The summed E-state index contributed by atoms with van der Waals surface area (Å²) in [7, 11) is 0. The molecule has 1 saturated carbocycles. The lowest BCUT2D eigenvalue weighted by Gasteiger charge is -2.35. The molecule has 2 aliphatic rings. The summed E-state index contributed by atoms with van der Waals surface area (Å²) in [5.74, 6) is 2.65. The summed E-state index contributed by atoms with van der Waals surface area (Å²) in [6, 6.07) is 0.835. The van der Waals surface area contributed by atoms with Gasteiger partial charge in [-0.1, -0.05) is 25.5 Å². The molecule has 1 fully saturated rings. The Balaban J connectivity index is 1.69. The summed E-state index contributed by atoms with van der Waals surface area (Å²) in [5.41, 5.74) is 1.60. The molecule has 2 unspecified atom stereocenters. The maximum atomic E-state index is 3.73. The first-order valence-corrected chi connectivity index (χ1v) is 6.54. The third kappa shape index (κ3) is 3.07. The molecule has 1 nitrogen and oxygen atoms in total. The lowest BCUT2D eigenvalue weighted by Crippen LogP contribution is -2.42. The van der Waals surface area contributed by atoms with Gasteiger partial charge in [-0.05, 0) is 56.9 Å². The molecule has 15 heavy (non-hydrogen) atoms. The zero-order chi connectivity index (χ0) is 10.8. The van der Waals surface area contributed by atoms with Gasteiger partial charge in [0.1, 0.15) is 0 Å². The van der Waals surface area contributed by atoms with Crippen molar-refractivity contribution in [3.05, 3.63) is 11.6 Å². The van der Waals surface area contributed by atoms with Crippen molar-refractivity contribution in [2.45, 2.75) is 52.5 Å². The summed E-state index contributed by atoms with van der Waals surface area (Å²) < 4.78 is 0. The van der Waals surface area contributed by atoms with Gasteiger partial charge < -0.3 is 5.32 Å². The van der Waals surface area contributed by atoms with Crippen LogP contribution in [0, 0.1) is 17.8 Å². The van der Waals surface area contributed by atoms with E-state index in [1.807, 2.05) is 0 Å². The fraction of sp³-hybridized carbons (Fsp3) is 0.857. The van der Waals surface area contributed by atoms with E-state index >= 15 is 0 Å². The van der Waals surface area contributed by atoms with Crippen molar-refractivity contribution >= 4 is 0 Å². The minimum atomic E-state index is 0.797. The largest absolute Gasteiger partial charge is 0.314 e. The Morgan fingerprint density at radius 2 is 2.00 bits per heavy atom. The van der Waals surface area contributed by atoms with E-state index in [4.69, 9.17) is 0 Å². The van der Waals surface area contributed by atoms with Gasteiger partial charge in [-0.25, -0.2) is 0 Å². The molecule has 0 radical (unpaired) electrons. The van der Waals surface area contributed by atoms with Crippen LogP contribution in [0.15, 0.2) is 11.6 Å². The van der Waals surface area contributed by atoms with Gasteiger partial charge in [0.05, 0.1) is 0 Å². The predicted molar refractivity (Wildman–Crippen MR) is 65.8 cm³/mol. The van der Waals surface area contributed by atoms with E-state index in [0.717, 1.165) is 23.8 Å². The average molecular weight is 207 g/mol. The van der Waals surface area contributed by atoms with E-state index in [-0.39, 0.29) is 0 Å². The summed E-state index contributed by atoms with van der Waals surface area (Å²) in [6.45, 7) is 8.23. The monoisotopic (exact) mass is 207 g/mol. The molecule has 0 aliphatic heterocycles. The van der Waals surface area contributed by atoms with Crippen LogP contribution in [0.3, 0.4) is 0 Å². The number of rotatable bonds is 3. The molecule has 0 aromatic rings. The molecule has 2 rings (SSSR count). The summed E-state index contributed by atoms with van der Waals surface area (Å²) in [6.07, 6.45) is 7.95. The van der Waals surface area contributed by atoms with E-state index < -0.39 is 0 Å². The highest BCUT2D eigenvalue weighted by atomic mass is 14.9. The Hall–Kier alpha value is -0.300. The SMILES string of the molecule is CC1=CC(C)CC(CNC2CC(C)C2)C1. The number of nitrogens with one attached hydrogen (secondary N) is 1. The zero-order valence-corrected chi connectivity index (χ0v) is 10.4. The number of allylic oxidation sites excluding steroid dienone is 2. The third-order valence-corrected chi connectivity index (χ3v) is 3.95. The van der Waals surface area contributed by atoms with Crippen molar-refractivity contribution in [2.24, 2.45) is 17.8 Å². The number of hydrogen-bond acceptors (Lipinski definition) is 1. The van der Waals surface area contributed by atoms with Crippen LogP contribution < -0.4 is 5.32 Å². The van der Waals surface area contributed by atoms with E-state index in [1.165, 1.54) is 32.2 Å². The second-order valence-corrected chi connectivity index (χ2v) is 5.98. The fourth-order valence-electron chi connectivity index (χ4n) is 3.24. The molecule has 86 valence electrons. The molecule has 0 saturated heterocycles. The van der Waals surface area contributed by atoms with Crippen LogP contribution in [0.1, 0.15) is 46.5 Å². The number of hydrogen-bond donors (Lipinski definition) is 1. The first-order chi connectivity index (χ1) is 7.13. The maximum Gasteiger partial charge on any atom is 0.00722 e. The Morgan fingerprint density at radius 3 is 2.60 bits per heavy atom. The molecule has 0 amide bonds. The van der Waals surface area contributed by atoms with Gasteiger partial charge in [0.2, 0.25) is 0 Å². The standard InChI is InChI=1S/C14H25N/c1-10-4-11(2)6-13(5-10)9-15-14-7-12(3)8-14/h4,10,12-15H,5-9H2,1-3H3. The van der Waals surface area contributed by atoms with Gasteiger partial charge in [0.15, 0.2) is 0 Å². The molecule has 0 aromatic heterocycles. The second-order valence-electron chi connectivity index (χ2n) is 5.98. The molecular formula is C14H25N. The second kappa shape index (κ2) is 4.69. The quantitative estimate of drug-likeness (QED) is 0.700. The highest BCUT2D eigenvalue weighted by Gasteiger charge is 2.26. The van der Waals surface area contributed by atoms with E-state index in [9.17, 15) is 0 Å². The topological polar surface area (TPSA) is 12.0 Å². The first kappa shape index (κ1) is 11.2. The van der Waals surface area contributed by atoms with Gasteiger partial charge in [0.25, 0.3) is 0 Å². The molecular weight excluding hydrogens is 182 g/mol. The normalized spacial score (nSPS) is 40.9. The fourth-order valence-corrected chi connectivity index (χ4v) is 3.24. The van der Waals surface area contributed by atoms with Gasteiger partial charge in [-0.15, -0.1) is 0 Å². The van der Waals surface area contributed by atoms with Crippen molar-refractivity contribution in [2.75, 3.05) is 6.54 Å².